The number of nitrogens with zero attached hydrogens (tertiary/aromatic N) is 4. The van der Waals surface area contributed by atoms with Gasteiger partial charge in [-0.15, -0.1) is 0 Å². The highest BCUT2D eigenvalue weighted by molar-refractivity contribution is 5.96. The third-order valence-corrected chi connectivity index (χ3v) is 5.05. The summed E-state index contributed by atoms with van der Waals surface area (Å²) in [7, 11) is 0. The Morgan fingerprint density at radius 3 is 2.96 bits per heavy atom. The number of nitrogens with one attached hydrogen (secondary N) is 2. The van der Waals surface area contributed by atoms with E-state index in [-0.39, 0.29) is 18.1 Å². The average Bonchev–Trinajstić information content (AvgIpc) is 3.05. The molecule has 1 saturated carbocycles. The standard InChI is InChI=1S/C19H16F2N6O/c1-2-9-13(21)4-14-11(5-23-26-14)18(9)15-7-27-8-16(24-17(27)6-22-15)25-19(28)10-3-12(10)20/h4-8,10,12H,2-3H2,1H3,(H,23,26)(H,25,28)/t10-,12+/m1/s1. The molecule has 28 heavy (non-hydrogen) atoms. The Balaban J connectivity index is 1.58. The Hall–Kier alpha value is -3.36. The topological polar surface area (TPSA) is 88.0 Å². The number of halogens is 2. The number of alkyl halides is 1. The minimum atomic E-state index is -1.07. The van der Waals surface area contributed by atoms with Crippen LogP contribution < -0.4 is 5.32 Å². The van der Waals surface area contributed by atoms with E-state index < -0.39 is 12.1 Å². The molecule has 3 aromatic heterocycles. The Bertz CT molecular complexity index is 1230. The lowest BCUT2D eigenvalue weighted by Gasteiger charge is -2.10. The molecule has 4 aromatic rings. The summed E-state index contributed by atoms with van der Waals surface area (Å²) in [6, 6.07) is 1.43. The molecule has 5 rings (SSSR count). The third-order valence-electron chi connectivity index (χ3n) is 5.05. The first-order chi connectivity index (χ1) is 13.5. The summed E-state index contributed by atoms with van der Waals surface area (Å²) in [6.45, 7) is 1.88. The van der Waals surface area contributed by atoms with Gasteiger partial charge in [0.1, 0.15) is 12.0 Å². The van der Waals surface area contributed by atoms with Crippen molar-refractivity contribution in [3.8, 4) is 11.3 Å². The van der Waals surface area contributed by atoms with Crippen LogP contribution in [0.2, 0.25) is 0 Å². The van der Waals surface area contributed by atoms with Crippen molar-refractivity contribution >= 4 is 28.3 Å². The first kappa shape index (κ1) is 16.8. The summed E-state index contributed by atoms with van der Waals surface area (Å²) in [5, 5.41) is 10.2. The van der Waals surface area contributed by atoms with Gasteiger partial charge in [-0.2, -0.15) is 5.10 Å². The van der Waals surface area contributed by atoms with Crippen molar-refractivity contribution in [1.29, 1.82) is 0 Å². The average molecular weight is 382 g/mol. The lowest BCUT2D eigenvalue weighted by atomic mass is 9.98. The molecular formula is C19H16F2N6O. The Kier molecular flexibility index (Phi) is 3.65. The Labute approximate surface area is 157 Å². The zero-order valence-electron chi connectivity index (χ0n) is 14.9. The molecule has 0 spiro atoms. The first-order valence-electron chi connectivity index (χ1n) is 8.99. The lowest BCUT2D eigenvalue weighted by Crippen LogP contribution is -2.15. The maximum atomic E-state index is 14.5. The number of carbonyl (C=O) groups is 1. The van der Waals surface area contributed by atoms with Crippen molar-refractivity contribution in [1.82, 2.24) is 24.6 Å². The van der Waals surface area contributed by atoms with Gasteiger partial charge in [0.15, 0.2) is 11.5 Å². The zero-order chi connectivity index (χ0) is 19.4. The van der Waals surface area contributed by atoms with E-state index in [1.807, 2.05) is 6.92 Å². The lowest BCUT2D eigenvalue weighted by molar-refractivity contribution is -0.117. The van der Waals surface area contributed by atoms with Crippen LogP contribution >= 0.6 is 0 Å². The number of fused-ring (bicyclic) bond motifs is 2. The second-order valence-electron chi connectivity index (χ2n) is 6.91. The molecule has 1 aliphatic rings. The van der Waals surface area contributed by atoms with Crippen LogP contribution in [0.3, 0.4) is 0 Å². The minimum absolute atomic E-state index is 0.255. The maximum absolute atomic E-state index is 14.5. The summed E-state index contributed by atoms with van der Waals surface area (Å²) < 4.78 is 29.3. The van der Waals surface area contributed by atoms with E-state index >= 15 is 0 Å². The summed E-state index contributed by atoms with van der Waals surface area (Å²) in [6.07, 6.45) is 6.25. The largest absolute Gasteiger partial charge is 0.309 e. The molecule has 1 fully saturated rings. The molecule has 7 nitrogen and oxygen atoms in total. The van der Waals surface area contributed by atoms with E-state index in [4.69, 9.17) is 0 Å². The number of aromatic amines is 1. The van der Waals surface area contributed by atoms with Crippen LogP contribution in [0, 0.1) is 11.7 Å². The number of carbonyl (C=O) groups excluding carboxylic acids is 1. The number of anilines is 1. The van der Waals surface area contributed by atoms with Crippen molar-refractivity contribution in [2.75, 3.05) is 5.32 Å². The molecule has 9 heteroatoms. The van der Waals surface area contributed by atoms with E-state index in [1.165, 1.54) is 6.07 Å². The van der Waals surface area contributed by atoms with Gasteiger partial charge in [-0.1, -0.05) is 6.92 Å². The second-order valence-corrected chi connectivity index (χ2v) is 6.91. The van der Waals surface area contributed by atoms with Gasteiger partial charge >= 0.3 is 0 Å². The normalized spacial score (nSPS) is 18.7. The molecule has 0 saturated heterocycles. The first-order valence-corrected chi connectivity index (χ1v) is 8.99. The van der Waals surface area contributed by atoms with Crippen LogP contribution in [0.15, 0.2) is 30.9 Å². The van der Waals surface area contributed by atoms with E-state index in [1.54, 1.807) is 29.2 Å². The molecule has 1 aromatic carbocycles. The summed E-state index contributed by atoms with van der Waals surface area (Å²) >= 11 is 0. The molecule has 2 atom stereocenters. The molecule has 1 aliphatic carbocycles. The number of imidazole rings is 1. The highest BCUT2D eigenvalue weighted by atomic mass is 19.1. The highest BCUT2D eigenvalue weighted by Crippen LogP contribution is 2.35. The molecule has 0 unspecified atom stereocenters. The molecule has 3 heterocycles. The number of benzene rings is 1. The van der Waals surface area contributed by atoms with Gasteiger partial charge < -0.3 is 9.72 Å². The summed E-state index contributed by atoms with van der Waals surface area (Å²) in [5.74, 6) is -0.957. The van der Waals surface area contributed by atoms with Crippen molar-refractivity contribution in [3.05, 3.63) is 42.2 Å². The monoisotopic (exact) mass is 382 g/mol. The predicted molar refractivity (Wildman–Crippen MR) is 99.0 cm³/mol. The Morgan fingerprint density at radius 1 is 1.39 bits per heavy atom. The smallest absolute Gasteiger partial charge is 0.231 e. The third kappa shape index (κ3) is 2.62. The summed E-state index contributed by atoms with van der Waals surface area (Å²) in [5.41, 5.74) is 2.90. The Morgan fingerprint density at radius 2 is 2.21 bits per heavy atom. The maximum Gasteiger partial charge on any atom is 0.231 e. The minimum Gasteiger partial charge on any atom is -0.309 e. The van der Waals surface area contributed by atoms with Gasteiger partial charge in [0.05, 0.1) is 35.7 Å². The van der Waals surface area contributed by atoms with Gasteiger partial charge in [0.2, 0.25) is 5.91 Å². The zero-order valence-corrected chi connectivity index (χ0v) is 14.9. The number of amides is 1. The van der Waals surface area contributed by atoms with E-state index in [9.17, 15) is 13.6 Å². The van der Waals surface area contributed by atoms with E-state index in [0.29, 0.717) is 40.2 Å². The van der Waals surface area contributed by atoms with Crippen molar-refractivity contribution in [3.63, 3.8) is 0 Å². The van der Waals surface area contributed by atoms with E-state index in [2.05, 4.69) is 25.5 Å². The number of hydrogen-bond acceptors (Lipinski definition) is 4. The van der Waals surface area contributed by atoms with Crippen molar-refractivity contribution in [2.45, 2.75) is 25.9 Å². The van der Waals surface area contributed by atoms with Gasteiger partial charge in [-0.25, -0.2) is 13.8 Å². The van der Waals surface area contributed by atoms with Crippen molar-refractivity contribution in [2.24, 2.45) is 5.92 Å². The van der Waals surface area contributed by atoms with Gasteiger partial charge in [0.25, 0.3) is 0 Å². The van der Waals surface area contributed by atoms with Crippen molar-refractivity contribution < 1.29 is 13.6 Å². The number of H-pyrrole nitrogens is 1. The van der Waals surface area contributed by atoms with Gasteiger partial charge in [-0.3, -0.25) is 14.9 Å². The number of hydrogen-bond donors (Lipinski definition) is 2. The molecule has 0 radical (unpaired) electrons. The quantitative estimate of drug-likeness (QED) is 0.567. The van der Waals surface area contributed by atoms with E-state index in [0.717, 1.165) is 5.39 Å². The van der Waals surface area contributed by atoms with Crippen LogP contribution in [0.5, 0.6) is 0 Å². The molecule has 1 amide bonds. The fourth-order valence-corrected chi connectivity index (χ4v) is 3.48. The highest BCUT2D eigenvalue weighted by Gasteiger charge is 2.43. The van der Waals surface area contributed by atoms with Gasteiger partial charge in [0, 0.05) is 17.1 Å². The molecule has 2 N–H and O–H groups in total. The molecular weight excluding hydrogens is 366 g/mol. The number of rotatable bonds is 4. The van der Waals surface area contributed by atoms with Crippen LogP contribution in [-0.4, -0.2) is 36.6 Å². The van der Waals surface area contributed by atoms with Crippen LogP contribution in [-0.2, 0) is 11.2 Å². The number of aromatic nitrogens is 5. The van der Waals surface area contributed by atoms with Crippen LogP contribution in [0.1, 0.15) is 18.9 Å². The summed E-state index contributed by atoms with van der Waals surface area (Å²) in [4.78, 5) is 20.7. The second kappa shape index (κ2) is 6.08. The van der Waals surface area contributed by atoms with Crippen LogP contribution in [0.25, 0.3) is 27.8 Å². The van der Waals surface area contributed by atoms with Gasteiger partial charge in [-0.05, 0) is 24.5 Å². The SMILES string of the molecule is CCc1c(F)cc2[nH]ncc2c1-c1cn2cc(NC(=O)[C@@H]3C[C@@H]3F)nc2cn1. The van der Waals surface area contributed by atoms with Crippen LogP contribution in [0.4, 0.5) is 14.6 Å². The fourth-order valence-electron chi connectivity index (χ4n) is 3.48. The fraction of sp³-hybridized carbons (Fsp3) is 0.263. The molecule has 0 bridgehead atoms. The molecule has 0 aliphatic heterocycles. The molecule has 142 valence electrons. The predicted octanol–water partition coefficient (Wildman–Crippen LogP) is 3.27.